The first-order valence-corrected chi connectivity index (χ1v) is 8.38. The summed E-state index contributed by atoms with van der Waals surface area (Å²) in [6, 6.07) is 8.81. The van der Waals surface area contributed by atoms with Gasteiger partial charge >= 0.3 is 11.9 Å². The van der Waals surface area contributed by atoms with Gasteiger partial charge in [-0.2, -0.15) is 0 Å². The van der Waals surface area contributed by atoms with Crippen LogP contribution in [-0.2, 0) is 14.3 Å². The lowest BCUT2D eigenvalue weighted by Crippen LogP contribution is -2.32. The summed E-state index contributed by atoms with van der Waals surface area (Å²) < 4.78 is 10.8. The number of ether oxygens (including phenoxy) is 2. The molecule has 23 heavy (non-hydrogen) atoms. The SMILES string of the molecule is CCCCC(C(=O)OCC(C)C)C(C)OC(=O)c1ccccc1. The van der Waals surface area contributed by atoms with Crippen LogP contribution in [0.15, 0.2) is 30.3 Å². The Kier molecular flexibility index (Phi) is 8.38. The van der Waals surface area contributed by atoms with Gasteiger partial charge in [-0.25, -0.2) is 4.79 Å². The number of benzene rings is 1. The molecule has 0 spiro atoms. The van der Waals surface area contributed by atoms with Crippen molar-refractivity contribution < 1.29 is 19.1 Å². The molecular weight excluding hydrogens is 292 g/mol. The fourth-order valence-corrected chi connectivity index (χ4v) is 2.22. The molecule has 0 aliphatic carbocycles. The molecule has 4 nitrogen and oxygen atoms in total. The fraction of sp³-hybridized carbons (Fsp3) is 0.579. The molecule has 0 aromatic heterocycles. The van der Waals surface area contributed by atoms with E-state index in [0.717, 1.165) is 12.8 Å². The molecule has 0 fully saturated rings. The van der Waals surface area contributed by atoms with Crippen molar-refractivity contribution in [2.24, 2.45) is 11.8 Å². The van der Waals surface area contributed by atoms with Crippen LogP contribution in [0.5, 0.6) is 0 Å². The van der Waals surface area contributed by atoms with Gasteiger partial charge in [-0.15, -0.1) is 0 Å². The van der Waals surface area contributed by atoms with Crippen LogP contribution in [0.4, 0.5) is 0 Å². The first-order valence-electron chi connectivity index (χ1n) is 8.38. The van der Waals surface area contributed by atoms with E-state index in [1.807, 2.05) is 19.9 Å². The summed E-state index contributed by atoms with van der Waals surface area (Å²) in [6.07, 6.45) is 2.03. The maximum absolute atomic E-state index is 12.3. The molecule has 0 bridgehead atoms. The zero-order chi connectivity index (χ0) is 17.2. The number of carbonyl (C=O) groups excluding carboxylic acids is 2. The summed E-state index contributed by atoms with van der Waals surface area (Å²) in [5.74, 6) is -0.814. The van der Waals surface area contributed by atoms with E-state index in [4.69, 9.17) is 9.47 Å². The number of unbranched alkanes of at least 4 members (excludes halogenated alkanes) is 1. The Balaban J connectivity index is 2.68. The van der Waals surface area contributed by atoms with Gasteiger partial charge in [0, 0.05) is 0 Å². The second-order valence-electron chi connectivity index (χ2n) is 6.25. The first-order chi connectivity index (χ1) is 11.0. The Morgan fingerprint density at radius 3 is 2.30 bits per heavy atom. The van der Waals surface area contributed by atoms with Crippen molar-refractivity contribution in [3.63, 3.8) is 0 Å². The lowest BCUT2D eigenvalue weighted by Gasteiger charge is -2.23. The number of hydrogen-bond acceptors (Lipinski definition) is 4. The number of hydrogen-bond donors (Lipinski definition) is 0. The Bertz CT molecular complexity index is 481. The summed E-state index contributed by atoms with van der Waals surface area (Å²) in [4.78, 5) is 24.4. The molecule has 0 aliphatic rings. The molecule has 0 N–H and O–H groups in total. The minimum absolute atomic E-state index is 0.277. The molecule has 1 aromatic rings. The third-order valence-electron chi connectivity index (χ3n) is 3.60. The average Bonchev–Trinajstić information content (AvgIpc) is 2.54. The zero-order valence-corrected chi connectivity index (χ0v) is 14.6. The lowest BCUT2D eigenvalue weighted by atomic mass is 9.97. The van der Waals surface area contributed by atoms with Crippen molar-refractivity contribution in [2.45, 2.75) is 53.1 Å². The van der Waals surface area contributed by atoms with Crippen LogP contribution in [-0.4, -0.2) is 24.6 Å². The van der Waals surface area contributed by atoms with Gasteiger partial charge in [0.25, 0.3) is 0 Å². The summed E-state index contributed by atoms with van der Waals surface area (Å²) in [5.41, 5.74) is 0.490. The third kappa shape index (κ3) is 6.85. The van der Waals surface area contributed by atoms with Crippen molar-refractivity contribution in [1.82, 2.24) is 0 Å². The van der Waals surface area contributed by atoms with Gasteiger partial charge in [0.05, 0.1) is 18.1 Å². The Labute approximate surface area is 139 Å². The smallest absolute Gasteiger partial charge is 0.338 e. The van der Waals surface area contributed by atoms with E-state index in [1.165, 1.54) is 0 Å². The fourth-order valence-electron chi connectivity index (χ4n) is 2.22. The monoisotopic (exact) mass is 320 g/mol. The highest BCUT2D eigenvalue weighted by Crippen LogP contribution is 2.19. The minimum atomic E-state index is -0.506. The predicted octanol–water partition coefficient (Wildman–Crippen LogP) is 4.24. The molecule has 2 atom stereocenters. The molecule has 1 aromatic carbocycles. The maximum atomic E-state index is 12.3. The Hall–Kier alpha value is -1.84. The van der Waals surface area contributed by atoms with E-state index in [2.05, 4.69) is 6.92 Å². The lowest BCUT2D eigenvalue weighted by molar-refractivity contribution is -0.153. The molecule has 1 rings (SSSR count). The van der Waals surface area contributed by atoms with Gasteiger partial charge in [0.15, 0.2) is 0 Å². The average molecular weight is 320 g/mol. The van der Waals surface area contributed by atoms with Gasteiger partial charge in [-0.3, -0.25) is 4.79 Å². The summed E-state index contributed by atoms with van der Waals surface area (Å²) in [7, 11) is 0. The highest BCUT2D eigenvalue weighted by Gasteiger charge is 2.29. The number of carbonyl (C=O) groups is 2. The second kappa shape index (κ2) is 10.0. The van der Waals surface area contributed by atoms with E-state index in [0.29, 0.717) is 18.6 Å². The third-order valence-corrected chi connectivity index (χ3v) is 3.60. The van der Waals surface area contributed by atoms with E-state index in [9.17, 15) is 9.59 Å². The van der Waals surface area contributed by atoms with Crippen LogP contribution in [0.3, 0.4) is 0 Å². The van der Waals surface area contributed by atoms with E-state index in [-0.39, 0.29) is 11.9 Å². The summed E-state index contributed by atoms with van der Waals surface area (Å²) in [6.45, 7) is 8.20. The molecule has 0 saturated carbocycles. The zero-order valence-electron chi connectivity index (χ0n) is 14.6. The van der Waals surface area contributed by atoms with E-state index in [1.54, 1.807) is 31.2 Å². The van der Waals surface area contributed by atoms with Crippen molar-refractivity contribution in [3.8, 4) is 0 Å². The second-order valence-corrected chi connectivity index (χ2v) is 6.25. The van der Waals surface area contributed by atoms with Gasteiger partial charge < -0.3 is 9.47 Å². The Morgan fingerprint density at radius 1 is 1.09 bits per heavy atom. The largest absolute Gasteiger partial charge is 0.465 e. The first kappa shape index (κ1) is 19.2. The van der Waals surface area contributed by atoms with Crippen molar-refractivity contribution in [2.75, 3.05) is 6.61 Å². The van der Waals surface area contributed by atoms with Crippen molar-refractivity contribution in [1.29, 1.82) is 0 Å². The van der Waals surface area contributed by atoms with Crippen molar-refractivity contribution in [3.05, 3.63) is 35.9 Å². The quantitative estimate of drug-likeness (QED) is 0.639. The molecule has 0 heterocycles. The highest BCUT2D eigenvalue weighted by molar-refractivity contribution is 5.89. The molecule has 0 amide bonds. The standard InChI is InChI=1S/C19H28O4/c1-5-6-12-17(19(21)22-13-14(2)3)15(4)23-18(20)16-10-8-7-9-11-16/h7-11,14-15,17H,5-6,12-13H2,1-4H3. The van der Waals surface area contributed by atoms with Gasteiger partial charge in [0.1, 0.15) is 6.10 Å². The highest BCUT2D eigenvalue weighted by atomic mass is 16.6. The Morgan fingerprint density at radius 2 is 1.74 bits per heavy atom. The molecule has 128 valence electrons. The maximum Gasteiger partial charge on any atom is 0.338 e. The van der Waals surface area contributed by atoms with Crippen LogP contribution < -0.4 is 0 Å². The molecule has 0 aliphatic heterocycles. The molecule has 2 unspecified atom stereocenters. The van der Waals surface area contributed by atoms with E-state index < -0.39 is 18.0 Å². The molecule has 0 saturated heterocycles. The molecular formula is C19H28O4. The van der Waals surface area contributed by atoms with Crippen molar-refractivity contribution >= 4 is 11.9 Å². The van der Waals surface area contributed by atoms with Gasteiger partial charge in [-0.1, -0.05) is 51.8 Å². The van der Waals surface area contributed by atoms with Gasteiger partial charge in [-0.05, 0) is 31.4 Å². The summed E-state index contributed by atoms with van der Waals surface area (Å²) >= 11 is 0. The number of rotatable bonds is 9. The van der Waals surface area contributed by atoms with Gasteiger partial charge in [0.2, 0.25) is 0 Å². The van der Waals surface area contributed by atoms with Crippen LogP contribution in [0.2, 0.25) is 0 Å². The van der Waals surface area contributed by atoms with Crippen LogP contribution in [0.1, 0.15) is 57.3 Å². The topological polar surface area (TPSA) is 52.6 Å². The van der Waals surface area contributed by atoms with Crippen LogP contribution >= 0.6 is 0 Å². The molecule has 0 radical (unpaired) electrons. The minimum Gasteiger partial charge on any atom is -0.465 e. The van der Waals surface area contributed by atoms with E-state index >= 15 is 0 Å². The molecule has 4 heteroatoms. The normalized spacial score (nSPS) is 13.4. The van der Waals surface area contributed by atoms with Crippen LogP contribution in [0.25, 0.3) is 0 Å². The van der Waals surface area contributed by atoms with Crippen LogP contribution in [0, 0.1) is 11.8 Å². The summed E-state index contributed by atoms with van der Waals surface area (Å²) in [5, 5.41) is 0. The predicted molar refractivity (Wildman–Crippen MR) is 90.1 cm³/mol. The number of esters is 2.